The van der Waals surface area contributed by atoms with Gasteiger partial charge in [-0.3, -0.25) is 0 Å². The summed E-state index contributed by atoms with van der Waals surface area (Å²) < 4.78 is 84.0. The van der Waals surface area contributed by atoms with Gasteiger partial charge in [-0.2, -0.15) is 13.2 Å². The smallest absolute Gasteiger partial charge is 0.207 e. The molecule has 4 rings (SSSR count). The predicted octanol–water partition coefficient (Wildman–Crippen LogP) is 7.99. The van der Waals surface area contributed by atoms with Crippen LogP contribution in [0.2, 0.25) is 0 Å². The molecule has 0 spiro atoms. The fourth-order valence-corrected chi connectivity index (χ4v) is 5.68. The summed E-state index contributed by atoms with van der Waals surface area (Å²) in [5, 5.41) is -0.945. The molecule has 0 N–H and O–H groups in total. The second-order valence-corrected chi connectivity index (χ2v) is 8.76. The topological polar surface area (TPSA) is 0 Å². The van der Waals surface area contributed by atoms with Gasteiger partial charge in [0.05, 0.1) is 10.9 Å². The average molecular weight is 414 g/mol. The maximum absolute atomic E-state index is 14.9. The lowest BCUT2D eigenvalue weighted by Gasteiger charge is -2.42. The predicted molar refractivity (Wildman–Crippen MR) is 100 cm³/mol. The van der Waals surface area contributed by atoms with Crippen molar-refractivity contribution in [1.29, 1.82) is 0 Å². The highest BCUT2D eigenvalue weighted by Crippen LogP contribution is 2.51. The molecule has 4 unspecified atom stereocenters. The summed E-state index contributed by atoms with van der Waals surface area (Å²) in [4.78, 5) is 0. The van der Waals surface area contributed by atoms with Crippen molar-refractivity contribution in [2.75, 3.05) is 0 Å². The van der Waals surface area contributed by atoms with E-state index in [1.54, 1.807) is 0 Å². The van der Waals surface area contributed by atoms with Crippen LogP contribution in [0, 0.1) is 35.2 Å². The summed E-state index contributed by atoms with van der Waals surface area (Å²) in [7, 11) is 0. The van der Waals surface area contributed by atoms with Crippen molar-refractivity contribution in [3.05, 3.63) is 46.8 Å². The number of fused-ring (bicyclic) bond motifs is 2. The van der Waals surface area contributed by atoms with E-state index < -0.39 is 40.5 Å². The minimum atomic E-state index is -4.94. The molecule has 2 aromatic rings. The Balaban J connectivity index is 1.77. The van der Waals surface area contributed by atoms with Gasteiger partial charge in [0.1, 0.15) is 17.5 Å². The molecule has 0 bridgehead atoms. The number of hydrogen-bond acceptors (Lipinski definition) is 0. The third-order valence-electron chi connectivity index (χ3n) is 7.15. The molecule has 158 valence electrons. The molecule has 0 aliphatic heterocycles. The molecule has 0 aromatic heterocycles. The molecule has 0 saturated heterocycles. The Bertz CT molecular complexity index is 916. The van der Waals surface area contributed by atoms with Crippen molar-refractivity contribution in [3.63, 3.8) is 0 Å². The van der Waals surface area contributed by atoms with Gasteiger partial charge in [0, 0.05) is 6.07 Å². The Labute approximate surface area is 166 Å². The molecule has 29 heavy (non-hydrogen) atoms. The number of hydrogen-bond donors (Lipinski definition) is 0. The van der Waals surface area contributed by atoms with Crippen LogP contribution in [0.5, 0.6) is 0 Å². The van der Waals surface area contributed by atoms with Crippen LogP contribution >= 0.6 is 0 Å². The maximum Gasteiger partial charge on any atom is 0.419 e. The second-order valence-electron chi connectivity index (χ2n) is 8.76. The standard InChI is InChI=1S/C23H24F6/c1-2-12-3-4-14-8-15(6-5-13(14)7-12)18-10-16-9-17(24)11-19(25)20(16)22(26)21(18)23(27,28)29/h9-15H,2-8H2,1H3. The molecule has 2 aliphatic rings. The van der Waals surface area contributed by atoms with Crippen LogP contribution in [0.3, 0.4) is 0 Å². The van der Waals surface area contributed by atoms with Crippen LogP contribution in [0.1, 0.15) is 68.9 Å². The number of alkyl halides is 3. The van der Waals surface area contributed by atoms with Gasteiger partial charge in [-0.05, 0) is 78.9 Å². The minimum absolute atomic E-state index is 0.149. The van der Waals surface area contributed by atoms with E-state index in [9.17, 15) is 26.3 Å². The summed E-state index contributed by atoms with van der Waals surface area (Å²) in [6, 6.07) is 2.49. The van der Waals surface area contributed by atoms with Gasteiger partial charge in [0.25, 0.3) is 0 Å². The van der Waals surface area contributed by atoms with Crippen molar-refractivity contribution in [2.24, 2.45) is 17.8 Å². The lowest BCUT2D eigenvalue weighted by Crippen LogP contribution is -2.31. The van der Waals surface area contributed by atoms with Gasteiger partial charge in [0.2, 0.25) is 0 Å². The zero-order chi connectivity index (χ0) is 20.9. The van der Waals surface area contributed by atoms with Crippen molar-refractivity contribution in [1.82, 2.24) is 0 Å². The zero-order valence-electron chi connectivity index (χ0n) is 16.3. The molecule has 0 radical (unpaired) electrons. The van der Waals surface area contributed by atoms with Gasteiger partial charge in [-0.1, -0.05) is 19.8 Å². The first-order chi connectivity index (χ1) is 13.7. The van der Waals surface area contributed by atoms with Gasteiger partial charge >= 0.3 is 6.18 Å². The third-order valence-corrected chi connectivity index (χ3v) is 7.15. The summed E-state index contributed by atoms with van der Waals surface area (Å²) in [5.74, 6) is -2.78. The van der Waals surface area contributed by atoms with E-state index in [0.717, 1.165) is 44.2 Å². The van der Waals surface area contributed by atoms with Crippen LogP contribution in [-0.2, 0) is 6.18 Å². The molecule has 2 aromatic carbocycles. The van der Waals surface area contributed by atoms with E-state index in [1.807, 2.05) is 0 Å². The summed E-state index contributed by atoms with van der Waals surface area (Å²) in [5.41, 5.74) is -1.54. The van der Waals surface area contributed by atoms with Crippen LogP contribution in [0.15, 0.2) is 18.2 Å². The zero-order valence-corrected chi connectivity index (χ0v) is 16.3. The van der Waals surface area contributed by atoms with Crippen LogP contribution in [0.25, 0.3) is 10.8 Å². The van der Waals surface area contributed by atoms with Gasteiger partial charge < -0.3 is 0 Å². The quantitative estimate of drug-likeness (QED) is 0.437. The lowest BCUT2D eigenvalue weighted by molar-refractivity contribution is -0.140. The fourth-order valence-electron chi connectivity index (χ4n) is 5.68. The first-order valence-corrected chi connectivity index (χ1v) is 10.4. The Morgan fingerprint density at radius 3 is 2.28 bits per heavy atom. The molecule has 0 nitrogen and oxygen atoms in total. The fraction of sp³-hybridized carbons (Fsp3) is 0.565. The number of rotatable bonds is 2. The molecule has 0 heterocycles. The lowest BCUT2D eigenvalue weighted by atomic mass is 9.63. The summed E-state index contributed by atoms with van der Waals surface area (Å²) in [6.45, 7) is 2.17. The Kier molecular flexibility index (Phi) is 5.32. The van der Waals surface area contributed by atoms with Crippen LogP contribution < -0.4 is 0 Å². The molecule has 4 atom stereocenters. The number of halogens is 6. The van der Waals surface area contributed by atoms with Gasteiger partial charge in [0.15, 0.2) is 0 Å². The highest BCUT2D eigenvalue weighted by molar-refractivity contribution is 5.86. The molecule has 2 aliphatic carbocycles. The van der Waals surface area contributed by atoms with E-state index in [0.29, 0.717) is 36.7 Å². The Morgan fingerprint density at radius 2 is 1.59 bits per heavy atom. The van der Waals surface area contributed by atoms with E-state index >= 15 is 0 Å². The van der Waals surface area contributed by atoms with Crippen molar-refractivity contribution >= 4 is 10.8 Å². The number of benzene rings is 2. The Hall–Kier alpha value is -1.72. The molecule has 2 fully saturated rings. The molecule has 0 amide bonds. The largest absolute Gasteiger partial charge is 0.419 e. The average Bonchev–Trinajstić information content (AvgIpc) is 2.65. The van der Waals surface area contributed by atoms with Gasteiger partial charge in [-0.15, -0.1) is 0 Å². The van der Waals surface area contributed by atoms with E-state index in [2.05, 4.69) is 6.92 Å². The summed E-state index contributed by atoms with van der Waals surface area (Å²) in [6.07, 6.45) is 1.31. The van der Waals surface area contributed by atoms with Crippen LogP contribution in [-0.4, -0.2) is 0 Å². The van der Waals surface area contributed by atoms with Gasteiger partial charge in [-0.25, -0.2) is 13.2 Å². The Morgan fingerprint density at radius 1 is 0.897 bits per heavy atom. The molecule has 2 saturated carbocycles. The SMILES string of the molecule is CCC1CCC2CC(c3cc4cc(F)cc(F)c4c(F)c3C(F)(F)F)CCC2C1. The van der Waals surface area contributed by atoms with Crippen LogP contribution in [0.4, 0.5) is 26.3 Å². The molecule has 6 heteroatoms. The highest BCUT2D eigenvalue weighted by Gasteiger charge is 2.42. The molecular weight excluding hydrogens is 390 g/mol. The first kappa shape index (κ1) is 20.5. The third kappa shape index (κ3) is 3.75. The monoisotopic (exact) mass is 414 g/mol. The van der Waals surface area contributed by atoms with Crippen molar-refractivity contribution < 1.29 is 26.3 Å². The van der Waals surface area contributed by atoms with Crippen molar-refractivity contribution in [3.8, 4) is 0 Å². The van der Waals surface area contributed by atoms with E-state index in [4.69, 9.17) is 0 Å². The first-order valence-electron chi connectivity index (χ1n) is 10.4. The normalized spacial score (nSPS) is 27.8. The minimum Gasteiger partial charge on any atom is -0.207 e. The summed E-state index contributed by atoms with van der Waals surface area (Å²) >= 11 is 0. The second kappa shape index (κ2) is 7.51. The van der Waals surface area contributed by atoms with E-state index in [1.165, 1.54) is 0 Å². The maximum atomic E-state index is 14.9. The van der Waals surface area contributed by atoms with Crippen molar-refractivity contribution in [2.45, 2.75) is 64.0 Å². The molecular formula is C23H24F6. The van der Waals surface area contributed by atoms with E-state index in [-0.39, 0.29) is 10.9 Å². The highest BCUT2D eigenvalue weighted by atomic mass is 19.4.